The minimum Gasteiger partial charge on any atom is -0.338 e. The van der Waals surface area contributed by atoms with Gasteiger partial charge in [0.25, 0.3) is 0 Å². The van der Waals surface area contributed by atoms with Gasteiger partial charge in [0.2, 0.25) is 5.91 Å². The molecule has 1 N–H and O–H groups in total. The first kappa shape index (κ1) is 13.8. The Morgan fingerprint density at radius 3 is 2.44 bits per heavy atom. The number of hydrogen-bond acceptors (Lipinski definition) is 3. The fourth-order valence-electron chi connectivity index (χ4n) is 3.10. The third-order valence-electron chi connectivity index (χ3n) is 4.25. The molecule has 2 fully saturated rings. The molecule has 18 heavy (non-hydrogen) atoms. The Hall–Kier alpha value is -0.610. The lowest BCUT2D eigenvalue weighted by molar-refractivity contribution is -0.137. The van der Waals surface area contributed by atoms with E-state index in [1.54, 1.807) is 0 Å². The second kappa shape index (κ2) is 6.53. The number of nitrogens with zero attached hydrogens (tertiary/aromatic N) is 2. The highest BCUT2D eigenvalue weighted by molar-refractivity contribution is 5.79. The number of carbonyl (C=O) groups excluding carboxylic acids is 1. The normalized spacial score (nSPS) is 24.9. The molecule has 0 spiro atoms. The zero-order valence-corrected chi connectivity index (χ0v) is 11.8. The third-order valence-corrected chi connectivity index (χ3v) is 4.25. The molecule has 1 amide bonds. The predicted molar refractivity (Wildman–Crippen MR) is 73.5 cm³/mol. The van der Waals surface area contributed by atoms with E-state index in [0.29, 0.717) is 11.9 Å². The maximum absolute atomic E-state index is 12.6. The molecule has 0 radical (unpaired) electrons. The zero-order valence-electron chi connectivity index (χ0n) is 11.8. The summed E-state index contributed by atoms with van der Waals surface area (Å²) in [5.41, 5.74) is 0. The number of carbonyl (C=O) groups is 1. The van der Waals surface area contributed by atoms with Crippen LogP contribution in [-0.4, -0.2) is 62.0 Å². The molecule has 2 aliphatic rings. The Kier molecular flexibility index (Phi) is 5.01. The van der Waals surface area contributed by atoms with Gasteiger partial charge in [-0.05, 0) is 39.9 Å². The maximum atomic E-state index is 12.6. The summed E-state index contributed by atoms with van der Waals surface area (Å²) >= 11 is 0. The van der Waals surface area contributed by atoms with Crippen molar-refractivity contribution in [2.24, 2.45) is 5.92 Å². The van der Waals surface area contributed by atoms with E-state index in [9.17, 15) is 4.79 Å². The quantitative estimate of drug-likeness (QED) is 0.792. The van der Waals surface area contributed by atoms with Gasteiger partial charge < -0.3 is 15.1 Å². The van der Waals surface area contributed by atoms with Gasteiger partial charge >= 0.3 is 0 Å². The summed E-state index contributed by atoms with van der Waals surface area (Å²) in [4.78, 5) is 17.0. The lowest BCUT2D eigenvalue weighted by Gasteiger charge is -2.32. The first-order valence-electron chi connectivity index (χ1n) is 7.34. The SMILES string of the molecule is CN(C)CCN(C(=O)C1CCNC1)C1CCCC1. The van der Waals surface area contributed by atoms with Gasteiger partial charge in [-0.1, -0.05) is 12.8 Å². The highest BCUT2D eigenvalue weighted by Crippen LogP contribution is 2.25. The molecule has 1 atom stereocenters. The number of hydrogen-bond donors (Lipinski definition) is 1. The molecule has 0 aromatic carbocycles. The van der Waals surface area contributed by atoms with Gasteiger partial charge in [-0.3, -0.25) is 4.79 Å². The van der Waals surface area contributed by atoms with Gasteiger partial charge in [0.1, 0.15) is 0 Å². The van der Waals surface area contributed by atoms with E-state index in [2.05, 4.69) is 29.2 Å². The number of nitrogens with one attached hydrogen (secondary N) is 1. The number of rotatable bonds is 5. The molecule has 0 aromatic rings. The van der Waals surface area contributed by atoms with Crippen LogP contribution in [0.15, 0.2) is 0 Å². The van der Waals surface area contributed by atoms with E-state index in [-0.39, 0.29) is 5.92 Å². The Morgan fingerprint density at radius 1 is 1.17 bits per heavy atom. The highest BCUT2D eigenvalue weighted by atomic mass is 16.2. The van der Waals surface area contributed by atoms with Crippen LogP contribution < -0.4 is 5.32 Å². The van der Waals surface area contributed by atoms with Crippen molar-refractivity contribution in [1.29, 1.82) is 0 Å². The summed E-state index contributed by atoms with van der Waals surface area (Å²) in [5, 5.41) is 3.31. The summed E-state index contributed by atoms with van der Waals surface area (Å²) in [6.45, 7) is 3.75. The van der Waals surface area contributed by atoms with Crippen molar-refractivity contribution in [2.45, 2.75) is 38.1 Å². The van der Waals surface area contributed by atoms with Crippen LogP contribution in [0.2, 0.25) is 0 Å². The van der Waals surface area contributed by atoms with Crippen LogP contribution in [0.3, 0.4) is 0 Å². The van der Waals surface area contributed by atoms with Crippen molar-refractivity contribution in [2.75, 3.05) is 40.3 Å². The first-order chi connectivity index (χ1) is 8.68. The van der Waals surface area contributed by atoms with Crippen LogP contribution in [0, 0.1) is 5.92 Å². The molecule has 1 saturated heterocycles. The van der Waals surface area contributed by atoms with E-state index in [4.69, 9.17) is 0 Å². The van der Waals surface area contributed by atoms with Crippen LogP contribution in [0.1, 0.15) is 32.1 Å². The average Bonchev–Trinajstić information content (AvgIpc) is 3.01. The smallest absolute Gasteiger partial charge is 0.227 e. The molecule has 1 saturated carbocycles. The fourth-order valence-corrected chi connectivity index (χ4v) is 3.10. The van der Waals surface area contributed by atoms with Crippen molar-refractivity contribution in [3.63, 3.8) is 0 Å². The van der Waals surface area contributed by atoms with Crippen LogP contribution >= 0.6 is 0 Å². The lowest BCUT2D eigenvalue weighted by atomic mass is 10.1. The van der Waals surface area contributed by atoms with Crippen LogP contribution in [0.25, 0.3) is 0 Å². The van der Waals surface area contributed by atoms with Crippen LogP contribution in [0.4, 0.5) is 0 Å². The minimum absolute atomic E-state index is 0.229. The molecule has 1 unspecified atom stereocenters. The van der Waals surface area contributed by atoms with Crippen molar-refractivity contribution < 1.29 is 4.79 Å². The molecule has 1 heterocycles. The lowest BCUT2D eigenvalue weighted by Crippen LogP contribution is -2.46. The van der Waals surface area contributed by atoms with Gasteiger partial charge in [0.05, 0.1) is 5.92 Å². The second-order valence-corrected chi connectivity index (χ2v) is 5.96. The summed E-state index contributed by atoms with van der Waals surface area (Å²) in [5.74, 6) is 0.626. The third kappa shape index (κ3) is 3.45. The molecule has 2 rings (SSSR count). The van der Waals surface area contributed by atoms with E-state index < -0.39 is 0 Å². The predicted octanol–water partition coefficient (Wildman–Crippen LogP) is 0.929. The van der Waals surface area contributed by atoms with Crippen molar-refractivity contribution in [1.82, 2.24) is 15.1 Å². The van der Waals surface area contributed by atoms with E-state index in [1.807, 2.05) is 0 Å². The van der Waals surface area contributed by atoms with Crippen molar-refractivity contribution in [3.8, 4) is 0 Å². The fraction of sp³-hybridized carbons (Fsp3) is 0.929. The largest absolute Gasteiger partial charge is 0.338 e. The molecule has 104 valence electrons. The Bertz CT molecular complexity index is 268. The van der Waals surface area contributed by atoms with Gasteiger partial charge in [-0.15, -0.1) is 0 Å². The Balaban J connectivity index is 1.95. The van der Waals surface area contributed by atoms with Crippen molar-refractivity contribution in [3.05, 3.63) is 0 Å². The van der Waals surface area contributed by atoms with Gasteiger partial charge in [-0.2, -0.15) is 0 Å². The van der Waals surface area contributed by atoms with E-state index in [0.717, 1.165) is 32.6 Å². The monoisotopic (exact) mass is 253 g/mol. The summed E-state index contributed by atoms with van der Waals surface area (Å²) < 4.78 is 0. The Morgan fingerprint density at radius 2 is 1.89 bits per heavy atom. The summed E-state index contributed by atoms with van der Waals surface area (Å²) in [6.07, 6.45) is 6.02. The van der Waals surface area contributed by atoms with E-state index >= 15 is 0 Å². The molecular formula is C14H27N3O. The van der Waals surface area contributed by atoms with Gasteiger partial charge in [-0.25, -0.2) is 0 Å². The average molecular weight is 253 g/mol. The van der Waals surface area contributed by atoms with E-state index in [1.165, 1.54) is 25.7 Å². The molecule has 4 heteroatoms. The van der Waals surface area contributed by atoms with Gasteiger partial charge in [0.15, 0.2) is 0 Å². The number of amides is 1. The minimum atomic E-state index is 0.229. The molecule has 4 nitrogen and oxygen atoms in total. The van der Waals surface area contributed by atoms with Crippen molar-refractivity contribution >= 4 is 5.91 Å². The summed E-state index contributed by atoms with van der Waals surface area (Å²) in [7, 11) is 4.16. The molecule has 0 bridgehead atoms. The number of likely N-dealkylation sites (N-methyl/N-ethyl adjacent to an activating group) is 1. The Labute approximate surface area is 111 Å². The topological polar surface area (TPSA) is 35.6 Å². The summed E-state index contributed by atoms with van der Waals surface area (Å²) in [6, 6.07) is 0.512. The maximum Gasteiger partial charge on any atom is 0.227 e. The second-order valence-electron chi connectivity index (χ2n) is 5.96. The van der Waals surface area contributed by atoms with Crippen LogP contribution in [0.5, 0.6) is 0 Å². The van der Waals surface area contributed by atoms with Gasteiger partial charge in [0, 0.05) is 25.7 Å². The first-order valence-corrected chi connectivity index (χ1v) is 7.34. The molecule has 0 aromatic heterocycles. The molecule has 1 aliphatic carbocycles. The standard InChI is InChI=1S/C14H27N3O/c1-16(2)9-10-17(13-5-3-4-6-13)14(18)12-7-8-15-11-12/h12-13,15H,3-11H2,1-2H3. The van der Waals surface area contributed by atoms with Crippen LogP contribution in [-0.2, 0) is 4.79 Å². The zero-order chi connectivity index (χ0) is 13.0. The molecular weight excluding hydrogens is 226 g/mol. The molecule has 1 aliphatic heterocycles. The highest BCUT2D eigenvalue weighted by Gasteiger charge is 2.32.